The Labute approximate surface area is 160 Å². The van der Waals surface area contributed by atoms with E-state index in [-0.39, 0.29) is 24.5 Å². The number of hydrogen-bond acceptors (Lipinski definition) is 4. The van der Waals surface area contributed by atoms with Gasteiger partial charge in [0.1, 0.15) is 18.4 Å². The maximum atomic E-state index is 12.6. The molecule has 2 fully saturated rings. The van der Waals surface area contributed by atoms with Gasteiger partial charge in [0.15, 0.2) is 0 Å². The van der Waals surface area contributed by atoms with Crippen molar-refractivity contribution in [2.75, 3.05) is 13.1 Å². The minimum Gasteiger partial charge on any atom is -0.489 e. The van der Waals surface area contributed by atoms with E-state index in [1.807, 2.05) is 18.2 Å². The summed E-state index contributed by atoms with van der Waals surface area (Å²) in [5.41, 5.74) is -1.05. The van der Waals surface area contributed by atoms with Crippen LogP contribution >= 0.6 is 11.6 Å². The number of fused-ring (bicyclic) bond motifs is 1. The summed E-state index contributed by atoms with van der Waals surface area (Å²) in [7, 11) is 0. The molecular weight excluding hydrogens is 370 g/mol. The SMILES string of the molecule is O=C(Cn1ccc(=O)[nH]c1=O)N1C[C@@H]2CC[C@H](Oc3ccccc3Cl)[C@@H]2C1. The summed E-state index contributed by atoms with van der Waals surface area (Å²) >= 11 is 6.19. The molecule has 2 aliphatic rings. The van der Waals surface area contributed by atoms with Crippen molar-refractivity contribution < 1.29 is 9.53 Å². The van der Waals surface area contributed by atoms with Gasteiger partial charge in [0, 0.05) is 31.3 Å². The zero-order valence-electron chi connectivity index (χ0n) is 14.6. The highest BCUT2D eigenvalue weighted by Crippen LogP contribution is 2.41. The van der Waals surface area contributed by atoms with Crippen molar-refractivity contribution >= 4 is 17.5 Å². The summed E-state index contributed by atoms with van der Waals surface area (Å²) in [5.74, 6) is 1.20. The van der Waals surface area contributed by atoms with Crippen LogP contribution in [0.15, 0.2) is 46.1 Å². The maximum absolute atomic E-state index is 12.6. The highest BCUT2D eigenvalue weighted by Gasteiger charge is 2.45. The van der Waals surface area contributed by atoms with Crippen molar-refractivity contribution in [3.8, 4) is 5.75 Å². The van der Waals surface area contributed by atoms with E-state index in [1.54, 1.807) is 11.0 Å². The molecule has 2 heterocycles. The summed E-state index contributed by atoms with van der Waals surface area (Å²) < 4.78 is 7.35. The fourth-order valence-corrected chi connectivity index (χ4v) is 4.26. The predicted octanol–water partition coefficient (Wildman–Crippen LogP) is 1.51. The first-order valence-corrected chi connectivity index (χ1v) is 9.38. The van der Waals surface area contributed by atoms with E-state index in [0.29, 0.717) is 29.8 Å². The summed E-state index contributed by atoms with van der Waals surface area (Å²) in [6.45, 7) is 1.20. The van der Waals surface area contributed by atoms with Gasteiger partial charge in [-0.05, 0) is 30.9 Å². The number of aromatic amines is 1. The monoisotopic (exact) mass is 389 g/mol. The Morgan fingerprint density at radius 2 is 2.00 bits per heavy atom. The van der Waals surface area contributed by atoms with Gasteiger partial charge in [-0.1, -0.05) is 23.7 Å². The first kappa shape index (κ1) is 17.9. The number of nitrogens with one attached hydrogen (secondary N) is 1. The van der Waals surface area contributed by atoms with Crippen LogP contribution in [0.25, 0.3) is 0 Å². The summed E-state index contributed by atoms with van der Waals surface area (Å²) in [4.78, 5) is 39.5. The van der Waals surface area contributed by atoms with Gasteiger partial charge in [0.05, 0.1) is 5.02 Å². The lowest BCUT2D eigenvalue weighted by Crippen LogP contribution is -2.38. The lowest BCUT2D eigenvalue weighted by Gasteiger charge is -2.22. The topological polar surface area (TPSA) is 84.4 Å². The number of likely N-dealkylation sites (tertiary alicyclic amines) is 1. The molecule has 142 valence electrons. The van der Waals surface area contributed by atoms with E-state index in [0.717, 1.165) is 12.8 Å². The Balaban J connectivity index is 1.42. The summed E-state index contributed by atoms with van der Waals surface area (Å²) in [5, 5.41) is 0.587. The lowest BCUT2D eigenvalue weighted by atomic mass is 9.99. The number of ether oxygens (including phenoxy) is 1. The van der Waals surface area contributed by atoms with Gasteiger partial charge in [-0.15, -0.1) is 0 Å². The van der Waals surface area contributed by atoms with Gasteiger partial charge in [-0.2, -0.15) is 0 Å². The zero-order valence-corrected chi connectivity index (χ0v) is 15.4. The first-order valence-electron chi connectivity index (χ1n) is 9.00. The molecular formula is C19H20ClN3O4. The number of aromatic nitrogens is 2. The van der Waals surface area contributed by atoms with Gasteiger partial charge >= 0.3 is 5.69 Å². The van der Waals surface area contributed by atoms with Crippen molar-refractivity contribution in [3.63, 3.8) is 0 Å². The van der Waals surface area contributed by atoms with E-state index in [1.165, 1.54) is 16.8 Å². The average molecular weight is 390 g/mol. The Morgan fingerprint density at radius 1 is 1.19 bits per heavy atom. The molecule has 2 aromatic rings. The van der Waals surface area contributed by atoms with Gasteiger partial charge in [0.25, 0.3) is 5.56 Å². The Bertz CT molecular complexity index is 970. The number of para-hydroxylation sites is 1. The molecule has 0 spiro atoms. The van der Waals surface area contributed by atoms with E-state index >= 15 is 0 Å². The van der Waals surface area contributed by atoms with Gasteiger partial charge in [0.2, 0.25) is 5.91 Å². The molecule has 27 heavy (non-hydrogen) atoms. The van der Waals surface area contributed by atoms with Crippen molar-refractivity contribution in [3.05, 3.63) is 62.4 Å². The van der Waals surface area contributed by atoms with Crippen LogP contribution in [-0.4, -0.2) is 39.6 Å². The highest BCUT2D eigenvalue weighted by molar-refractivity contribution is 6.32. The van der Waals surface area contributed by atoms with Crippen molar-refractivity contribution in [1.82, 2.24) is 14.5 Å². The molecule has 0 bridgehead atoms. The standard InChI is InChI=1S/C19H20ClN3O4/c20-14-3-1-2-4-16(14)27-15-6-5-12-9-23(10-13(12)15)18(25)11-22-8-7-17(24)21-19(22)26/h1-4,7-8,12-13,15H,5-6,9-11H2,(H,21,24,26)/t12-,13+,15-/m0/s1. The van der Waals surface area contributed by atoms with Crippen LogP contribution in [0.4, 0.5) is 0 Å². The number of benzene rings is 1. The van der Waals surface area contributed by atoms with Crippen molar-refractivity contribution in [2.45, 2.75) is 25.5 Å². The smallest absolute Gasteiger partial charge is 0.328 e. The molecule has 0 radical (unpaired) electrons. The predicted molar refractivity (Wildman–Crippen MR) is 100.0 cm³/mol. The second-order valence-electron chi connectivity index (χ2n) is 7.12. The van der Waals surface area contributed by atoms with Crippen LogP contribution < -0.4 is 16.0 Å². The fourth-order valence-electron chi connectivity index (χ4n) is 4.08. The van der Waals surface area contributed by atoms with Gasteiger partial charge in [-0.3, -0.25) is 19.1 Å². The zero-order chi connectivity index (χ0) is 19.0. The van der Waals surface area contributed by atoms with Crippen LogP contribution in [-0.2, 0) is 11.3 Å². The van der Waals surface area contributed by atoms with Gasteiger partial charge < -0.3 is 9.64 Å². The van der Waals surface area contributed by atoms with Crippen molar-refractivity contribution in [2.24, 2.45) is 11.8 Å². The molecule has 7 nitrogen and oxygen atoms in total. The molecule has 8 heteroatoms. The minimum absolute atomic E-state index is 0.0310. The van der Waals surface area contributed by atoms with Crippen LogP contribution in [0.5, 0.6) is 5.75 Å². The maximum Gasteiger partial charge on any atom is 0.328 e. The van der Waals surface area contributed by atoms with Gasteiger partial charge in [-0.25, -0.2) is 4.79 Å². The van der Waals surface area contributed by atoms with E-state index in [2.05, 4.69) is 4.98 Å². The molecule has 4 rings (SSSR count). The molecule has 1 N–H and O–H groups in total. The summed E-state index contributed by atoms with van der Waals surface area (Å²) in [6.07, 6.45) is 3.33. The Morgan fingerprint density at radius 3 is 2.78 bits per heavy atom. The Hall–Kier alpha value is -2.54. The van der Waals surface area contributed by atoms with E-state index < -0.39 is 11.2 Å². The van der Waals surface area contributed by atoms with Crippen LogP contribution in [0.2, 0.25) is 5.02 Å². The first-order chi connectivity index (χ1) is 13.0. The molecule has 1 aliphatic heterocycles. The number of nitrogens with zero attached hydrogens (tertiary/aromatic N) is 2. The Kier molecular flexibility index (Phi) is 4.78. The molecule has 1 saturated carbocycles. The molecule has 1 aliphatic carbocycles. The third-order valence-electron chi connectivity index (χ3n) is 5.46. The normalized spacial score (nSPS) is 24.0. The number of H-pyrrole nitrogens is 1. The third-order valence-corrected chi connectivity index (χ3v) is 5.77. The van der Waals surface area contributed by atoms with E-state index in [9.17, 15) is 14.4 Å². The van der Waals surface area contributed by atoms with Crippen molar-refractivity contribution in [1.29, 1.82) is 0 Å². The number of carbonyl (C=O) groups is 1. The number of carbonyl (C=O) groups excluding carboxylic acids is 1. The number of halogens is 1. The average Bonchev–Trinajstić information content (AvgIpc) is 3.21. The molecule has 1 amide bonds. The number of rotatable bonds is 4. The lowest BCUT2D eigenvalue weighted by molar-refractivity contribution is -0.131. The largest absolute Gasteiger partial charge is 0.489 e. The number of hydrogen-bond donors (Lipinski definition) is 1. The molecule has 1 aromatic carbocycles. The second-order valence-corrected chi connectivity index (χ2v) is 7.53. The third kappa shape index (κ3) is 3.64. The van der Waals surface area contributed by atoms with Crippen LogP contribution in [0.3, 0.4) is 0 Å². The second kappa shape index (κ2) is 7.23. The molecule has 1 aromatic heterocycles. The quantitative estimate of drug-likeness (QED) is 0.859. The van der Waals surface area contributed by atoms with Crippen LogP contribution in [0, 0.1) is 11.8 Å². The molecule has 1 saturated heterocycles. The fraction of sp³-hybridized carbons (Fsp3) is 0.421. The van der Waals surface area contributed by atoms with Crippen LogP contribution in [0.1, 0.15) is 12.8 Å². The van der Waals surface area contributed by atoms with E-state index in [4.69, 9.17) is 16.3 Å². The molecule has 3 atom stereocenters. The summed E-state index contributed by atoms with van der Waals surface area (Å²) in [6, 6.07) is 8.65. The minimum atomic E-state index is -0.574. The molecule has 0 unspecified atom stereocenters. The highest BCUT2D eigenvalue weighted by atomic mass is 35.5. The number of amides is 1.